The van der Waals surface area contributed by atoms with E-state index in [-0.39, 0.29) is 0 Å². The SMILES string of the molecule is CCCCCCC(C)=C(F)C(=O)O. The summed E-state index contributed by atoms with van der Waals surface area (Å²) in [6.07, 6.45) is 4.73. The molecule has 0 rings (SSSR count). The number of aliphatic carboxylic acids is 1. The normalized spacial score (nSPS) is 12.5. The van der Waals surface area contributed by atoms with Gasteiger partial charge >= 0.3 is 5.97 Å². The summed E-state index contributed by atoms with van der Waals surface area (Å²) in [6.45, 7) is 3.63. The maximum atomic E-state index is 12.7. The van der Waals surface area contributed by atoms with Gasteiger partial charge in [0.25, 0.3) is 0 Å². The predicted molar refractivity (Wildman–Crippen MR) is 50.2 cm³/mol. The van der Waals surface area contributed by atoms with Crippen molar-refractivity contribution in [2.75, 3.05) is 0 Å². The van der Waals surface area contributed by atoms with Crippen LogP contribution in [0, 0.1) is 0 Å². The quantitative estimate of drug-likeness (QED) is 0.513. The lowest BCUT2D eigenvalue weighted by molar-refractivity contribution is -0.134. The van der Waals surface area contributed by atoms with Gasteiger partial charge in [0.15, 0.2) is 0 Å². The molecule has 0 atom stereocenters. The standard InChI is InChI=1S/C10H17FO2/c1-3-4-5-6-7-8(2)9(11)10(12)13/h3-7H2,1-2H3,(H,12,13). The fraction of sp³-hybridized carbons (Fsp3) is 0.700. The molecule has 13 heavy (non-hydrogen) atoms. The highest BCUT2D eigenvalue weighted by Crippen LogP contribution is 2.14. The average Bonchev–Trinajstić information content (AvgIpc) is 2.10. The summed E-state index contributed by atoms with van der Waals surface area (Å²) in [5.41, 5.74) is 0.351. The number of halogens is 1. The summed E-state index contributed by atoms with van der Waals surface area (Å²) in [5, 5.41) is 8.32. The highest BCUT2D eigenvalue weighted by molar-refractivity contribution is 5.84. The molecule has 0 unspecified atom stereocenters. The van der Waals surface area contributed by atoms with Crippen LogP contribution >= 0.6 is 0 Å². The number of carbonyl (C=O) groups is 1. The minimum absolute atomic E-state index is 0.351. The van der Waals surface area contributed by atoms with Crippen LogP contribution in [0.4, 0.5) is 4.39 Å². The molecule has 0 aromatic rings. The van der Waals surface area contributed by atoms with Crippen LogP contribution in [0.1, 0.15) is 46.0 Å². The zero-order valence-electron chi connectivity index (χ0n) is 8.27. The van der Waals surface area contributed by atoms with Crippen molar-refractivity contribution in [2.24, 2.45) is 0 Å². The second kappa shape index (κ2) is 6.63. The maximum Gasteiger partial charge on any atom is 0.364 e. The zero-order valence-corrected chi connectivity index (χ0v) is 8.27. The molecule has 3 heteroatoms. The fourth-order valence-electron chi connectivity index (χ4n) is 1.11. The van der Waals surface area contributed by atoms with Crippen LogP contribution < -0.4 is 0 Å². The molecule has 0 aliphatic rings. The van der Waals surface area contributed by atoms with Crippen LogP contribution in [-0.2, 0) is 4.79 Å². The van der Waals surface area contributed by atoms with E-state index in [2.05, 4.69) is 6.92 Å². The molecule has 0 saturated heterocycles. The molecule has 0 aliphatic carbocycles. The Morgan fingerprint density at radius 2 is 1.92 bits per heavy atom. The van der Waals surface area contributed by atoms with Crippen LogP contribution in [0.15, 0.2) is 11.4 Å². The Bertz CT molecular complexity index is 197. The molecule has 0 bridgehead atoms. The van der Waals surface area contributed by atoms with Crippen molar-refractivity contribution in [3.8, 4) is 0 Å². The van der Waals surface area contributed by atoms with E-state index in [0.717, 1.165) is 25.7 Å². The summed E-state index contributed by atoms with van der Waals surface area (Å²) >= 11 is 0. The van der Waals surface area contributed by atoms with Crippen molar-refractivity contribution in [3.05, 3.63) is 11.4 Å². The van der Waals surface area contributed by atoms with Gasteiger partial charge in [-0.2, -0.15) is 4.39 Å². The topological polar surface area (TPSA) is 37.3 Å². The first kappa shape index (κ1) is 12.1. The van der Waals surface area contributed by atoms with E-state index in [1.807, 2.05) is 0 Å². The van der Waals surface area contributed by atoms with E-state index in [9.17, 15) is 9.18 Å². The summed E-state index contributed by atoms with van der Waals surface area (Å²) < 4.78 is 12.7. The lowest BCUT2D eigenvalue weighted by Crippen LogP contribution is -1.98. The second-order valence-electron chi connectivity index (χ2n) is 3.21. The number of carboxylic acid groups (broad SMARTS) is 1. The summed E-state index contributed by atoms with van der Waals surface area (Å²) in [7, 11) is 0. The first-order valence-corrected chi connectivity index (χ1v) is 4.68. The number of rotatable bonds is 6. The van der Waals surface area contributed by atoms with Gasteiger partial charge in [-0.3, -0.25) is 0 Å². The van der Waals surface area contributed by atoms with Gasteiger partial charge in [0, 0.05) is 0 Å². The van der Waals surface area contributed by atoms with E-state index in [4.69, 9.17) is 5.11 Å². The molecule has 0 heterocycles. The van der Waals surface area contributed by atoms with Gasteiger partial charge in [-0.15, -0.1) is 0 Å². The van der Waals surface area contributed by atoms with Crippen LogP contribution in [0.3, 0.4) is 0 Å². The number of allylic oxidation sites excluding steroid dienone is 1. The molecule has 0 saturated carbocycles. The zero-order chi connectivity index (χ0) is 10.3. The Kier molecular flexibility index (Phi) is 6.20. The van der Waals surface area contributed by atoms with Gasteiger partial charge in [0.1, 0.15) is 0 Å². The molecule has 0 radical (unpaired) electrons. The Labute approximate surface area is 78.5 Å². The molecule has 0 aliphatic heterocycles. The molecular weight excluding hydrogens is 171 g/mol. The Balaban J connectivity index is 3.79. The average molecular weight is 188 g/mol. The van der Waals surface area contributed by atoms with E-state index in [1.165, 1.54) is 6.92 Å². The van der Waals surface area contributed by atoms with Crippen molar-refractivity contribution in [1.82, 2.24) is 0 Å². The third-order valence-electron chi connectivity index (χ3n) is 1.97. The van der Waals surface area contributed by atoms with Gasteiger partial charge in [-0.25, -0.2) is 4.79 Å². The molecule has 1 N–H and O–H groups in total. The highest BCUT2D eigenvalue weighted by atomic mass is 19.1. The first-order chi connectivity index (χ1) is 6.09. The van der Waals surface area contributed by atoms with Crippen molar-refractivity contribution in [3.63, 3.8) is 0 Å². The number of unbranched alkanes of at least 4 members (excludes halogenated alkanes) is 3. The van der Waals surface area contributed by atoms with E-state index in [1.54, 1.807) is 0 Å². The maximum absolute atomic E-state index is 12.7. The van der Waals surface area contributed by atoms with Crippen LogP contribution in [0.2, 0.25) is 0 Å². The van der Waals surface area contributed by atoms with E-state index < -0.39 is 11.8 Å². The minimum atomic E-state index is -1.45. The van der Waals surface area contributed by atoms with Crippen LogP contribution in [0.5, 0.6) is 0 Å². The lowest BCUT2D eigenvalue weighted by Gasteiger charge is -2.00. The van der Waals surface area contributed by atoms with Gasteiger partial charge in [0.05, 0.1) is 0 Å². The van der Waals surface area contributed by atoms with Crippen molar-refractivity contribution in [1.29, 1.82) is 0 Å². The molecule has 0 aromatic heterocycles. The van der Waals surface area contributed by atoms with E-state index >= 15 is 0 Å². The number of carboxylic acids is 1. The molecule has 0 aromatic carbocycles. The fourth-order valence-corrected chi connectivity index (χ4v) is 1.11. The number of hydrogen-bond acceptors (Lipinski definition) is 1. The van der Waals surface area contributed by atoms with Crippen LogP contribution in [0.25, 0.3) is 0 Å². The Morgan fingerprint density at radius 1 is 1.31 bits per heavy atom. The molecule has 2 nitrogen and oxygen atoms in total. The first-order valence-electron chi connectivity index (χ1n) is 4.68. The molecule has 0 spiro atoms. The minimum Gasteiger partial charge on any atom is -0.476 e. The summed E-state index contributed by atoms with van der Waals surface area (Å²) in [5.74, 6) is -2.44. The van der Waals surface area contributed by atoms with Gasteiger partial charge in [-0.1, -0.05) is 26.2 Å². The van der Waals surface area contributed by atoms with Gasteiger partial charge in [0.2, 0.25) is 5.83 Å². The summed E-state index contributed by atoms with van der Waals surface area (Å²) in [6, 6.07) is 0. The molecular formula is C10H17FO2. The monoisotopic (exact) mass is 188 g/mol. The smallest absolute Gasteiger partial charge is 0.364 e. The molecule has 0 amide bonds. The van der Waals surface area contributed by atoms with Crippen LogP contribution in [-0.4, -0.2) is 11.1 Å². The third kappa shape index (κ3) is 5.39. The van der Waals surface area contributed by atoms with Gasteiger partial charge < -0.3 is 5.11 Å². The van der Waals surface area contributed by atoms with E-state index in [0.29, 0.717) is 12.0 Å². The van der Waals surface area contributed by atoms with Crippen molar-refractivity contribution < 1.29 is 14.3 Å². The Hall–Kier alpha value is -0.860. The lowest BCUT2D eigenvalue weighted by atomic mass is 10.1. The number of hydrogen-bond donors (Lipinski definition) is 1. The predicted octanol–water partition coefficient (Wildman–Crippen LogP) is 3.28. The van der Waals surface area contributed by atoms with Crippen molar-refractivity contribution >= 4 is 5.97 Å². The molecule has 0 fully saturated rings. The largest absolute Gasteiger partial charge is 0.476 e. The van der Waals surface area contributed by atoms with Crippen molar-refractivity contribution in [2.45, 2.75) is 46.0 Å². The Morgan fingerprint density at radius 3 is 2.38 bits per heavy atom. The molecule has 76 valence electrons. The third-order valence-corrected chi connectivity index (χ3v) is 1.97. The summed E-state index contributed by atoms with van der Waals surface area (Å²) in [4.78, 5) is 10.2. The highest BCUT2D eigenvalue weighted by Gasteiger charge is 2.09. The second-order valence-corrected chi connectivity index (χ2v) is 3.21. The van der Waals surface area contributed by atoms with Gasteiger partial charge in [-0.05, 0) is 25.3 Å².